The molecular formula is C31H37NO2. The molecular weight excluding hydrogens is 418 g/mol. The Balaban J connectivity index is 1.44. The topological polar surface area (TPSA) is 40.5 Å². The molecule has 0 aromatic heterocycles. The second kappa shape index (κ2) is 8.13. The van der Waals surface area contributed by atoms with Gasteiger partial charge < -0.3 is 10.0 Å². The van der Waals surface area contributed by atoms with Crippen LogP contribution in [0.1, 0.15) is 82.6 Å². The van der Waals surface area contributed by atoms with Gasteiger partial charge in [0.1, 0.15) is 5.60 Å². The molecule has 1 heterocycles. The summed E-state index contributed by atoms with van der Waals surface area (Å²) in [6.45, 7) is 4.56. The minimum absolute atomic E-state index is 0.256. The van der Waals surface area contributed by atoms with Crippen molar-refractivity contribution in [2.75, 3.05) is 18.0 Å². The van der Waals surface area contributed by atoms with Crippen molar-refractivity contribution in [3.63, 3.8) is 0 Å². The summed E-state index contributed by atoms with van der Waals surface area (Å²) in [5, 5.41) is 11.6. The summed E-state index contributed by atoms with van der Waals surface area (Å²) in [6, 6.07) is 9.28. The molecule has 4 aliphatic carbocycles. The van der Waals surface area contributed by atoms with Crippen LogP contribution in [0, 0.1) is 29.6 Å². The Hall–Kier alpha value is -2.31. The number of allylic oxidation sites excluding steroid dienone is 4. The number of rotatable bonds is 2. The number of ketones is 1. The molecule has 3 nitrogen and oxygen atoms in total. The van der Waals surface area contributed by atoms with E-state index in [9.17, 15) is 9.90 Å². The third-order valence-electron chi connectivity index (χ3n) is 10.1. The van der Waals surface area contributed by atoms with E-state index in [2.05, 4.69) is 42.0 Å². The molecule has 0 bridgehead atoms. The largest absolute Gasteiger partial charge is 0.377 e. The van der Waals surface area contributed by atoms with Crippen molar-refractivity contribution in [2.24, 2.45) is 17.3 Å². The summed E-state index contributed by atoms with van der Waals surface area (Å²) in [5.74, 6) is 4.24. The van der Waals surface area contributed by atoms with Crippen LogP contribution in [0.5, 0.6) is 0 Å². The van der Waals surface area contributed by atoms with Crippen LogP contribution < -0.4 is 4.90 Å². The monoisotopic (exact) mass is 455 g/mol. The first kappa shape index (κ1) is 22.2. The molecule has 1 saturated heterocycles. The van der Waals surface area contributed by atoms with Gasteiger partial charge in [0.25, 0.3) is 0 Å². The number of hydrogen-bond acceptors (Lipinski definition) is 3. The van der Waals surface area contributed by atoms with Gasteiger partial charge in [0.2, 0.25) is 0 Å². The van der Waals surface area contributed by atoms with Crippen LogP contribution in [0.2, 0.25) is 0 Å². The van der Waals surface area contributed by atoms with Gasteiger partial charge >= 0.3 is 0 Å². The molecule has 0 unspecified atom stereocenters. The number of benzene rings is 1. The van der Waals surface area contributed by atoms with E-state index in [4.69, 9.17) is 6.42 Å². The van der Waals surface area contributed by atoms with E-state index >= 15 is 0 Å². The Morgan fingerprint density at radius 3 is 2.56 bits per heavy atom. The molecule has 5 atom stereocenters. The van der Waals surface area contributed by atoms with Crippen molar-refractivity contribution in [3.8, 4) is 12.3 Å². The van der Waals surface area contributed by atoms with Gasteiger partial charge in [-0.25, -0.2) is 0 Å². The summed E-state index contributed by atoms with van der Waals surface area (Å²) >= 11 is 0. The van der Waals surface area contributed by atoms with Crippen molar-refractivity contribution in [3.05, 3.63) is 52.6 Å². The van der Waals surface area contributed by atoms with Gasteiger partial charge in [0, 0.05) is 36.5 Å². The Kier molecular flexibility index (Phi) is 5.30. The molecule has 1 aliphatic heterocycles. The molecule has 0 radical (unpaired) electrons. The van der Waals surface area contributed by atoms with Crippen molar-refractivity contribution in [2.45, 2.75) is 82.7 Å². The Bertz CT molecular complexity index is 1100. The van der Waals surface area contributed by atoms with Crippen molar-refractivity contribution in [1.29, 1.82) is 0 Å². The van der Waals surface area contributed by atoms with E-state index in [0.717, 1.165) is 45.2 Å². The number of carbonyl (C=O) groups excluding carboxylic acids is 1. The lowest BCUT2D eigenvalue weighted by molar-refractivity contribution is -0.114. The maximum Gasteiger partial charge on any atom is 0.156 e. The molecule has 1 aromatic carbocycles. The van der Waals surface area contributed by atoms with E-state index in [0.29, 0.717) is 24.7 Å². The molecule has 0 amide bonds. The smallest absolute Gasteiger partial charge is 0.156 e. The highest BCUT2D eigenvalue weighted by molar-refractivity contribution is 5.93. The number of aliphatic hydroxyl groups is 1. The number of piperidine rings is 1. The molecule has 3 fully saturated rings. The zero-order valence-corrected chi connectivity index (χ0v) is 20.5. The van der Waals surface area contributed by atoms with Crippen LogP contribution in [0.3, 0.4) is 0 Å². The van der Waals surface area contributed by atoms with Crippen molar-refractivity contribution in [1.82, 2.24) is 0 Å². The summed E-state index contributed by atoms with van der Waals surface area (Å²) in [6.07, 6.45) is 17.9. The summed E-state index contributed by atoms with van der Waals surface area (Å²) < 4.78 is 0. The lowest BCUT2D eigenvalue weighted by atomic mass is 9.51. The average Bonchev–Trinajstić information content (AvgIpc) is 3.14. The van der Waals surface area contributed by atoms with Gasteiger partial charge in [0.05, 0.1) is 0 Å². The Morgan fingerprint density at radius 1 is 1.06 bits per heavy atom. The highest BCUT2D eigenvalue weighted by Crippen LogP contribution is 2.66. The van der Waals surface area contributed by atoms with E-state index in [1.54, 1.807) is 5.57 Å². The number of anilines is 1. The number of terminal acetylenes is 1. The van der Waals surface area contributed by atoms with Crippen LogP contribution in [-0.4, -0.2) is 29.6 Å². The standard InChI is InChI=1S/C31H37NO2/c1-3-31(34)16-15-28-26-13-9-22-19-24(33)12-14-25(22)29(26)27(20-30(28,31)2)21-7-10-23(11-8-21)32-17-5-4-6-18-32/h1,7-8,10-11,19,26-28,34H,4-6,9,12-18,20H2,2H3/t26-,27+,28-,30+,31+/m0/s1. The maximum absolute atomic E-state index is 12.2. The Morgan fingerprint density at radius 2 is 1.82 bits per heavy atom. The molecule has 6 rings (SSSR count). The van der Waals surface area contributed by atoms with E-state index in [1.165, 1.54) is 41.7 Å². The molecule has 0 spiro atoms. The van der Waals surface area contributed by atoms with Crippen molar-refractivity contribution >= 4 is 11.5 Å². The van der Waals surface area contributed by atoms with Crippen LogP contribution in [0.25, 0.3) is 0 Å². The van der Waals surface area contributed by atoms with E-state index < -0.39 is 5.60 Å². The van der Waals surface area contributed by atoms with E-state index in [1.807, 2.05) is 6.08 Å². The van der Waals surface area contributed by atoms with Crippen LogP contribution in [0.15, 0.2) is 47.1 Å². The quantitative estimate of drug-likeness (QED) is 0.561. The van der Waals surface area contributed by atoms with Crippen molar-refractivity contribution < 1.29 is 9.90 Å². The highest BCUT2D eigenvalue weighted by atomic mass is 16.3. The number of carbonyl (C=O) groups is 1. The first-order valence-corrected chi connectivity index (χ1v) is 13.5. The lowest BCUT2D eigenvalue weighted by Crippen LogP contribution is -2.50. The molecule has 178 valence electrons. The van der Waals surface area contributed by atoms with E-state index in [-0.39, 0.29) is 17.1 Å². The molecule has 5 aliphatic rings. The fraction of sp³-hybridized carbons (Fsp3) is 0.581. The number of fused-ring (bicyclic) bond motifs is 4. The molecule has 34 heavy (non-hydrogen) atoms. The maximum atomic E-state index is 12.2. The molecule has 3 heteroatoms. The second-order valence-corrected chi connectivity index (χ2v) is 11.7. The zero-order valence-electron chi connectivity index (χ0n) is 20.5. The molecule has 1 N–H and O–H groups in total. The van der Waals surface area contributed by atoms with Gasteiger partial charge in [-0.1, -0.05) is 30.6 Å². The van der Waals surface area contributed by atoms with Gasteiger partial charge in [-0.2, -0.15) is 0 Å². The summed E-state index contributed by atoms with van der Waals surface area (Å²) in [5.41, 5.74) is 5.67. The lowest BCUT2D eigenvalue weighted by Gasteiger charge is -2.53. The Labute approximate surface area is 204 Å². The van der Waals surface area contributed by atoms with Crippen LogP contribution in [0.4, 0.5) is 5.69 Å². The first-order chi connectivity index (χ1) is 16.4. The van der Waals surface area contributed by atoms with Crippen LogP contribution in [-0.2, 0) is 4.79 Å². The minimum Gasteiger partial charge on any atom is -0.377 e. The fourth-order valence-electron chi connectivity index (χ4n) is 8.27. The van der Waals surface area contributed by atoms with Gasteiger partial charge in [0.15, 0.2) is 5.78 Å². The predicted octanol–water partition coefficient (Wildman–Crippen LogP) is 5.94. The second-order valence-electron chi connectivity index (χ2n) is 11.7. The zero-order chi connectivity index (χ0) is 23.5. The fourth-order valence-corrected chi connectivity index (χ4v) is 8.27. The minimum atomic E-state index is -1.03. The molecule has 1 aromatic rings. The van der Waals surface area contributed by atoms with Crippen LogP contribution >= 0.6 is 0 Å². The third kappa shape index (κ3) is 3.25. The SMILES string of the molecule is C#C[C@@]1(O)CC[C@H]2[C@@H]3CCC4=CC(=O)CCC4=C3[C@@H](c3ccc(N4CCCCC4)cc3)C[C@]21C. The van der Waals surface area contributed by atoms with Gasteiger partial charge in [-0.15, -0.1) is 6.42 Å². The highest BCUT2D eigenvalue weighted by Gasteiger charge is 2.62. The molecule has 2 saturated carbocycles. The number of nitrogens with zero attached hydrogens (tertiary/aromatic N) is 1. The predicted molar refractivity (Wildman–Crippen MR) is 137 cm³/mol. The normalized spacial score (nSPS) is 37.4. The average molecular weight is 456 g/mol. The number of hydrogen-bond donors (Lipinski definition) is 1. The van der Waals surface area contributed by atoms with Gasteiger partial charge in [-0.3, -0.25) is 4.79 Å². The third-order valence-corrected chi connectivity index (χ3v) is 10.1. The summed E-state index contributed by atoms with van der Waals surface area (Å²) in [7, 11) is 0. The summed E-state index contributed by atoms with van der Waals surface area (Å²) in [4.78, 5) is 14.7. The van der Waals surface area contributed by atoms with Gasteiger partial charge in [-0.05, 0) is 105 Å². The first-order valence-electron chi connectivity index (χ1n) is 13.5.